The molecule has 8 atom stereocenters. The summed E-state index contributed by atoms with van der Waals surface area (Å²) in [6.45, 7) is 12.3. The number of nitrogens with two attached hydrogens (primary N) is 1. The van der Waals surface area contributed by atoms with E-state index in [1.807, 2.05) is 0 Å². The normalized spacial score (nSPS) is 46.5. The summed E-state index contributed by atoms with van der Waals surface area (Å²) in [7, 11) is 0. The third-order valence-corrected chi connectivity index (χ3v) is 10.1. The molecule has 164 valence electrons. The van der Waals surface area contributed by atoms with Crippen LogP contribution in [0, 0.1) is 40.9 Å². The summed E-state index contributed by atoms with van der Waals surface area (Å²) in [5, 5.41) is 0. The Labute approximate surface area is 177 Å². The molecule has 3 rings (SSSR count). The van der Waals surface area contributed by atoms with Gasteiger partial charge in [0.2, 0.25) is 0 Å². The van der Waals surface area contributed by atoms with Gasteiger partial charge < -0.3 is 5.73 Å². The van der Waals surface area contributed by atoms with Crippen molar-refractivity contribution in [1.29, 1.82) is 0 Å². The highest BCUT2D eigenvalue weighted by molar-refractivity contribution is 5.10. The molecule has 0 spiro atoms. The lowest BCUT2D eigenvalue weighted by molar-refractivity contribution is 0.000267. The molecule has 0 saturated heterocycles. The highest BCUT2D eigenvalue weighted by atomic mass is 14.8. The number of fused-ring (bicyclic) bond motifs is 1. The van der Waals surface area contributed by atoms with E-state index in [4.69, 9.17) is 5.73 Å². The van der Waals surface area contributed by atoms with Crippen LogP contribution < -0.4 is 5.73 Å². The summed E-state index contributed by atoms with van der Waals surface area (Å²) in [4.78, 5) is 0. The molecule has 0 aliphatic heterocycles. The molecule has 0 amide bonds. The average Bonchev–Trinajstić information content (AvgIpc) is 2.93. The predicted molar refractivity (Wildman–Crippen MR) is 123 cm³/mol. The summed E-state index contributed by atoms with van der Waals surface area (Å²) < 4.78 is 0. The molecule has 0 radical (unpaired) electrons. The van der Waals surface area contributed by atoms with E-state index in [1.54, 1.807) is 6.42 Å². The number of rotatable bonds is 8. The van der Waals surface area contributed by atoms with Gasteiger partial charge in [0.15, 0.2) is 0 Å². The van der Waals surface area contributed by atoms with E-state index in [0.29, 0.717) is 11.3 Å². The van der Waals surface area contributed by atoms with Crippen LogP contribution in [0.25, 0.3) is 0 Å². The minimum absolute atomic E-state index is 0.0461. The van der Waals surface area contributed by atoms with Crippen LogP contribution in [0.5, 0.6) is 0 Å². The Morgan fingerprint density at radius 2 is 1.57 bits per heavy atom. The molecule has 1 nitrogen and oxygen atoms in total. The summed E-state index contributed by atoms with van der Waals surface area (Å²) >= 11 is 0. The fourth-order valence-electron chi connectivity index (χ4n) is 8.04. The Morgan fingerprint density at radius 3 is 2.29 bits per heavy atom. The van der Waals surface area contributed by atoms with Crippen molar-refractivity contribution in [2.75, 3.05) is 0 Å². The average molecular weight is 390 g/mol. The maximum absolute atomic E-state index is 6.94. The Kier molecular flexibility index (Phi) is 7.60. The smallest absolute Gasteiger partial charge is 0.0185 e. The van der Waals surface area contributed by atoms with Crippen LogP contribution in [-0.4, -0.2) is 5.54 Å². The van der Waals surface area contributed by atoms with Gasteiger partial charge in [-0.05, 0) is 80.0 Å². The Morgan fingerprint density at radius 1 is 0.857 bits per heavy atom. The van der Waals surface area contributed by atoms with Crippen molar-refractivity contribution < 1.29 is 0 Å². The topological polar surface area (TPSA) is 26.0 Å². The van der Waals surface area contributed by atoms with Gasteiger partial charge in [0.05, 0.1) is 0 Å². The third kappa shape index (κ3) is 4.65. The van der Waals surface area contributed by atoms with Gasteiger partial charge in [-0.25, -0.2) is 0 Å². The van der Waals surface area contributed by atoms with Crippen LogP contribution in [0.2, 0.25) is 0 Å². The number of hydrogen-bond acceptors (Lipinski definition) is 1. The molecule has 8 unspecified atom stereocenters. The Balaban J connectivity index is 1.52. The van der Waals surface area contributed by atoms with Gasteiger partial charge in [-0.15, -0.1) is 0 Å². The molecule has 0 heterocycles. The summed E-state index contributed by atoms with van der Waals surface area (Å²) in [6, 6.07) is 0. The van der Waals surface area contributed by atoms with E-state index < -0.39 is 0 Å². The second kappa shape index (κ2) is 9.40. The van der Waals surface area contributed by atoms with Crippen LogP contribution in [0.1, 0.15) is 125 Å². The zero-order valence-electron chi connectivity index (χ0n) is 19.9. The Bertz CT molecular complexity index is 483. The zero-order valence-corrected chi connectivity index (χ0v) is 19.9. The van der Waals surface area contributed by atoms with Gasteiger partial charge in [0.25, 0.3) is 0 Å². The minimum Gasteiger partial charge on any atom is -0.325 e. The molecule has 1 heteroatoms. The second-order valence-electron chi connectivity index (χ2n) is 12.0. The molecule has 3 aliphatic carbocycles. The quantitative estimate of drug-likeness (QED) is 0.418. The van der Waals surface area contributed by atoms with Crippen molar-refractivity contribution in [1.82, 2.24) is 0 Å². The van der Waals surface area contributed by atoms with Crippen molar-refractivity contribution in [3.63, 3.8) is 0 Å². The van der Waals surface area contributed by atoms with Gasteiger partial charge in [-0.1, -0.05) is 85.5 Å². The maximum atomic E-state index is 6.94. The molecule has 3 aliphatic rings. The second-order valence-corrected chi connectivity index (χ2v) is 12.0. The van der Waals surface area contributed by atoms with Crippen LogP contribution in [0.3, 0.4) is 0 Å². The lowest BCUT2D eigenvalue weighted by Gasteiger charge is -2.53. The molecule has 28 heavy (non-hydrogen) atoms. The SMILES string of the molecule is CCCCCCC1CCCC(CCC2C(C)CC3C(C)(N)C(C)CCC23C)C1. The Hall–Kier alpha value is -0.0400. The summed E-state index contributed by atoms with van der Waals surface area (Å²) in [5.74, 6) is 5.27. The van der Waals surface area contributed by atoms with Crippen LogP contribution in [0.4, 0.5) is 0 Å². The van der Waals surface area contributed by atoms with Crippen molar-refractivity contribution >= 4 is 0 Å². The first-order chi connectivity index (χ1) is 13.3. The molecule has 0 bridgehead atoms. The van der Waals surface area contributed by atoms with Crippen LogP contribution in [-0.2, 0) is 0 Å². The molecule has 0 aromatic carbocycles. The first-order valence-electron chi connectivity index (χ1n) is 13.1. The third-order valence-electron chi connectivity index (χ3n) is 10.1. The first kappa shape index (κ1) is 22.6. The highest BCUT2D eigenvalue weighted by Crippen LogP contribution is 2.62. The van der Waals surface area contributed by atoms with E-state index in [0.717, 1.165) is 29.6 Å². The summed E-state index contributed by atoms with van der Waals surface area (Å²) in [5.41, 5.74) is 7.49. The van der Waals surface area contributed by atoms with Gasteiger partial charge in [0, 0.05) is 5.54 Å². The van der Waals surface area contributed by atoms with Gasteiger partial charge in [-0.2, -0.15) is 0 Å². The van der Waals surface area contributed by atoms with Gasteiger partial charge in [0.1, 0.15) is 0 Å². The largest absolute Gasteiger partial charge is 0.325 e. The maximum Gasteiger partial charge on any atom is 0.0185 e. The zero-order chi connectivity index (χ0) is 20.4. The molecule has 3 fully saturated rings. The monoisotopic (exact) mass is 389 g/mol. The van der Waals surface area contributed by atoms with E-state index >= 15 is 0 Å². The van der Waals surface area contributed by atoms with Crippen LogP contribution in [0.15, 0.2) is 0 Å². The lowest BCUT2D eigenvalue weighted by atomic mass is 9.55. The van der Waals surface area contributed by atoms with Crippen LogP contribution >= 0.6 is 0 Å². The highest BCUT2D eigenvalue weighted by Gasteiger charge is 2.58. The van der Waals surface area contributed by atoms with Crippen molar-refractivity contribution in [3.8, 4) is 0 Å². The lowest BCUT2D eigenvalue weighted by Crippen LogP contribution is -2.57. The van der Waals surface area contributed by atoms with Crippen molar-refractivity contribution in [2.24, 2.45) is 46.7 Å². The van der Waals surface area contributed by atoms with E-state index in [1.165, 1.54) is 83.5 Å². The van der Waals surface area contributed by atoms with Crippen molar-refractivity contribution in [2.45, 2.75) is 130 Å². The molecule has 0 aromatic rings. The molecular weight excluding hydrogens is 338 g/mol. The van der Waals surface area contributed by atoms with Gasteiger partial charge in [-0.3, -0.25) is 0 Å². The molecule has 3 saturated carbocycles. The summed E-state index contributed by atoms with van der Waals surface area (Å²) in [6.07, 6.45) is 20.5. The van der Waals surface area contributed by atoms with Gasteiger partial charge >= 0.3 is 0 Å². The fourth-order valence-corrected chi connectivity index (χ4v) is 8.04. The van der Waals surface area contributed by atoms with E-state index in [2.05, 4.69) is 34.6 Å². The first-order valence-corrected chi connectivity index (χ1v) is 13.1. The fraction of sp³-hybridized carbons (Fsp3) is 1.00. The standard InChI is InChI=1S/C27H51N/c1-6-7-8-9-11-22-12-10-13-23(19-22)14-15-24-20(2)18-25-26(24,4)17-16-21(3)27(25,5)28/h20-25H,6-19,28H2,1-5H3. The van der Waals surface area contributed by atoms with E-state index in [-0.39, 0.29) is 5.54 Å². The number of unbranched alkanes of at least 4 members (excludes halogenated alkanes) is 3. The van der Waals surface area contributed by atoms with E-state index in [9.17, 15) is 0 Å². The van der Waals surface area contributed by atoms with Crippen molar-refractivity contribution in [3.05, 3.63) is 0 Å². The number of hydrogen-bond donors (Lipinski definition) is 1. The minimum atomic E-state index is 0.0461. The predicted octanol–water partition coefficient (Wildman–Crippen LogP) is 7.97. The molecule has 2 N–H and O–H groups in total. The molecular formula is C27H51N. The molecule has 0 aromatic heterocycles.